The molecule has 1 fully saturated rings. The molecule has 0 radical (unpaired) electrons. The number of anilines is 2. The van der Waals surface area contributed by atoms with Crippen LogP contribution >= 0.6 is 23.2 Å². The van der Waals surface area contributed by atoms with Gasteiger partial charge in [0.1, 0.15) is 0 Å². The van der Waals surface area contributed by atoms with E-state index in [2.05, 4.69) is 5.32 Å². The van der Waals surface area contributed by atoms with Crippen LogP contribution in [0.1, 0.15) is 12.0 Å². The van der Waals surface area contributed by atoms with Gasteiger partial charge in [-0.2, -0.15) is 0 Å². The first-order chi connectivity index (χ1) is 11.4. The minimum Gasteiger partial charge on any atom is -0.326 e. The number of hydrogen-bond donors (Lipinski definition) is 1. The maximum absolute atomic E-state index is 12.4. The molecule has 4 nitrogen and oxygen atoms in total. The number of amides is 2. The molecular weight excluding hydrogens is 347 g/mol. The van der Waals surface area contributed by atoms with Gasteiger partial charge in [-0.25, -0.2) is 0 Å². The lowest BCUT2D eigenvalue weighted by molar-refractivity contribution is -0.122. The van der Waals surface area contributed by atoms with Crippen LogP contribution in [0.5, 0.6) is 0 Å². The van der Waals surface area contributed by atoms with Crippen LogP contribution in [0.4, 0.5) is 11.4 Å². The van der Waals surface area contributed by atoms with E-state index in [0.717, 1.165) is 11.3 Å². The average Bonchev–Trinajstić information content (AvgIpc) is 2.89. The number of rotatable bonds is 3. The summed E-state index contributed by atoms with van der Waals surface area (Å²) in [7, 11) is 0. The summed E-state index contributed by atoms with van der Waals surface area (Å²) in [6.45, 7) is 2.25. The topological polar surface area (TPSA) is 49.4 Å². The third kappa shape index (κ3) is 3.55. The Morgan fingerprint density at radius 3 is 2.62 bits per heavy atom. The molecule has 1 saturated heterocycles. The van der Waals surface area contributed by atoms with Gasteiger partial charge in [-0.05, 0) is 48.9 Å². The second-order valence-electron chi connectivity index (χ2n) is 5.84. The Bertz CT molecular complexity index is 807. The van der Waals surface area contributed by atoms with Gasteiger partial charge in [0.05, 0.1) is 5.92 Å². The predicted molar refractivity (Wildman–Crippen MR) is 96.7 cm³/mol. The Hall–Kier alpha value is -2.04. The molecule has 0 aliphatic carbocycles. The summed E-state index contributed by atoms with van der Waals surface area (Å²) < 4.78 is 0. The smallest absolute Gasteiger partial charge is 0.229 e. The fourth-order valence-electron chi connectivity index (χ4n) is 2.85. The molecule has 2 aromatic rings. The summed E-state index contributed by atoms with van der Waals surface area (Å²) >= 11 is 11.9. The number of aryl methyl sites for hydroxylation is 1. The van der Waals surface area contributed by atoms with Crippen molar-refractivity contribution in [1.82, 2.24) is 0 Å². The first-order valence-electron chi connectivity index (χ1n) is 7.57. The molecule has 1 unspecified atom stereocenters. The maximum Gasteiger partial charge on any atom is 0.229 e. The van der Waals surface area contributed by atoms with Gasteiger partial charge < -0.3 is 10.2 Å². The SMILES string of the molecule is Cc1cc(Cl)ccc1N1CC(C(=O)Nc2cccc(Cl)c2)CC1=O. The number of hydrogen-bond acceptors (Lipinski definition) is 2. The van der Waals surface area contributed by atoms with Gasteiger partial charge in [-0.3, -0.25) is 9.59 Å². The fourth-order valence-corrected chi connectivity index (χ4v) is 3.27. The Morgan fingerprint density at radius 2 is 1.92 bits per heavy atom. The minimum absolute atomic E-state index is 0.0633. The molecule has 0 saturated carbocycles. The van der Waals surface area contributed by atoms with Crippen LogP contribution in [0.2, 0.25) is 10.0 Å². The van der Waals surface area contributed by atoms with E-state index >= 15 is 0 Å². The standard InChI is InChI=1S/C18H16Cl2N2O2/c1-11-7-14(20)5-6-16(11)22-10-12(8-17(22)23)18(24)21-15-4-2-3-13(19)9-15/h2-7,9,12H,8,10H2,1H3,(H,21,24). The van der Waals surface area contributed by atoms with E-state index in [1.807, 2.05) is 19.1 Å². The van der Waals surface area contributed by atoms with Crippen LogP contribution in [0, 0.1) is 12.8 Å². The molecule has 3 rings (SSSR count). The minimum atomic E-state index is -0.397. The summed E-state index contributed by atoms with van der Waals surface area (Å²) in [6, 6.07) is 12.3. The normalized spacial score (nSPS) is 17.2. The molecule has 0 aromatic heterocycles. The van der Waals surface area contributed by atoms with Crippen molar-refractivity contribution in [3.05, 3.63) is 58.1 Å². The highest BCUT2D eigenvalue weighted by atomic mass is 35.5. The van der Waals surface area contributed by atoms with E-state index < -0.39 is 5.92 Å². The molecular formula is C18H16Cl2N2O2. The summed E-state index contributed by atoms with van der Waals surface area (Å²) in [4.78, 5) is 26.4. The number of nitrogens with zero attached hydrogens (tertiary/aromatic N) is 1. The summed E-state index contributed by atoms with van der Waals surface area (Å²) in [5.74, 6) is -0.641. The molecule has 1 aliphatic heterocycles. The van der Waals surface area contributed by atoms with Gasteiger partial charge in [-0.1, -0.05) is 29.3 Å². The summed E-state index contributed by atoms with van der Waals surface area (Å²) in [5.41, 5.74) is 2.33. The van der Waals surface area contributed by atoms with Crippen molar-refractivity contribution < 1.29 is 9.59 Å². The third-order valence-corrected chi connectivity index (χ3v) is 4.51. The van der Waals surface area contributed by atoms with Gasteiger partial charge in [0.15, 0.2) is 0 Å². The van der Waals surface area contributed by atoms with E-state index in [0.29, 0.717) is 22.3 Å². The Kier molecular flexibility index (Phi) is 4.78. The maximum atomic E-state index is 12.4. The summed E-state index contributed by atoms with van der Waals surface area (Å²) in [6.07, 6.45) is 0.189. The number of nitrogens with one attached hydrogen (secondary N) is 1. The second-order valence-corrected chi connectivity index (χ2v) is 6.71. The van der Waals surface area contributed by atoms with Crippen molar-refractivity contribution in [1.29, 1.82) is 0 Å². The molecule has 1 atom stereocenters. The van der Waals surface area contributed by atoms with Crippen LogP contribution in [0.15, 0.2) is 42.5 Å². The lowest BCUT2D eigenvalue weighted by Gasteiger charge is -2.19. The highest BCUT2D eigenvalue weighted by Gasteiger charge is 2.35. The van der Waals surface area contributed by atoms with Gasteiger partial charge in [0.25, 0.3) is 0 Å². The Morgan fingerprint density at radius 1 is 1.17 bits per heavy atom. The highest BCUT2D eigenvalue weighted by molar-refractivity contribution is 6.31. The summed E-state index contributed by atoms with van der Waals surface area (Å²) in [5, 5.41) is 3.99. The van der Waals surface area contributed by atoms with Gasteiger partial charge in [-0.15, -0.1) is 0 Å². The van der Waals surface area contributed by atoms with Crippen molar-refractivity contribution in [2.24, 2.45) is 5.92 Å². The molecule has 6 heteroatoms. The van der Waals surface area contributed by atoms with Crippen LogP contribution in [-0.2, 0) is 9.59 Å². The number of carbonyl (C=O) groups excluding carboxylic acids is 2. The van der Waals surface area contributed by atoms with E-state index in [1.165, 1.54) is 0 Å². The monoisotopic (exact) mass is 362 g/mol. The lowest BCUT2D eigenvalue weighted by Crippen LogP contribution is -2.28. The molecule has 1 heterocycles. The molecule has 1 aliphatic rings. The first-order valence-corrected chi connectivity index (χ1v) is 8.32. The number of benzene rings is 2. The third-order valence-electron chi connectivity index (χ3n) is 4.04. The van der Waals surface area contributed by atoms with Crippen LogP contribution in [0.25, 0.3) is 0 Å². The van der Waals surface area contributed by atoms with Crippen molar-refractivity contribution in [2.45, 2.75) is 13.3 Å². The van der Waals surface area contributed by atoms with Crippen molar-refractivity contribution in [3.63, 3.8) is 0 Å². The van der Waals surface area contributed by atoms with Gasteiger partial charge in [0, 0.05) is 34.4 Å². The number of halogens is 2. The molecule has 1 N–H and O–H groups in total. The highest BCUT2D eigenvalue weighted by Crippen LogP contribution is 2.30. The lowest BCUT2D eigenvalue weighted by atomic mass is 10.1. The van der Waals surface area contributed by atoms with Crippen LogP contribution in [0.3, 0.4) is 0 Å². The second kappa shape index (κ2) is 6.83. The molecule has 2 amide bonds. The van der Waals surface area contributed by atoms with Crippen LogP contribution in [-0.4, -0.2) is 18.4 Å². The molecule has 124 valence electrons. The molecule has 0 bridgehead atoms. The largest absolute Gasteiger partial charge is 0.326 e. The van der Waals surface area contributed by atoms with E-state index in [4.69, 9.17) is 23.2 Å². The quantitative estimate of drug-likeness (QED) is 0.884. The molecule has 0 spiro atoms. The zero-order valence-electron chi connectivity index (χ0n) is 13.1. The van der Waals surface area contributed by atoms with Crippen molar-refractivity contribution >= 4 is 46.4 Å². The van der Waals surface area contributed by atoms with Gasteiger partial charge in [0.2, 0.25) is 11.8 Å². The van der Waals surface area contributed by atoms with E-state index in [1.54, 1.807) is 35.2 Å². The fraction of sp³-hybridized carbons (Fsp3) is 0.222. The van der Waals surface area contributed by atoms with Crippen molar-refractivity contribution in [3.8, 4) is 0 Å². The number of carbonyl (C=O) groups is 2. The zero-order valence-corrected chi connectivity index (χ0v) is 14.6. The van der Waals surface area contributed by atoms with Gasteiger partial charge >= 0.3 is 0 Å². The zero-order chi connectivity index (χ0) is 17.3. The average molecular weight is 363 g/mol. The molecule has 2 aromatic carbocycles. The van der Waals surface area contributed by atoms with Crippen molar-refractivity contribution in [2.75, 3.05) is 16.8 Å². The Balaban J connectivity index is 1.73. The first kappa shape index (κ1) is 16.8. The van der Waals surface area contributed by atoms with E-state index in [9.17, 15) is 9.59 Å². The van der Waals surface area contributed by atoms with E-state index in [-0.39, 0.29) is 18.2 Å². The predicted octanol–water partition coefficient (Wildman–Crippen LogP) is 4.29. The Labute approximate surface area is 150 Å². The van der Waals surface area contributed by atoms with Crippen LogP contribution < -0.4 is 10.2 Å². The molecule has 24 heavy (non-hydrogen) atoms.